The zero-order valence-corrected chi connectivity index (χ0v) is 22.2. The van der Waals surface area contributed by atoms with Crippen molar-refractivity contribution in [3.05, 3.63) is 54.2 Å². The molecule has 0 atom stereocenters. The van der Waals surface area contributed by atoms with Gasteiger partial charge in [-0.05, 0) is 36.1 Å². The number of guanidine groups is 1. The van der Waals surface area contributed by atoms with Crippen molar-refractivity contribution in [1.29, 1.82) is 0 Å². The summed E-state index contributed by atoms with van der Waals surface area (Å²) in [5.74, 6) is 1.95. The van der Waals surface area contributed by atoms with E-state index in [-0.39, 0.29) is 29.9 Å². The van der Waals surface area contributed by atoms with Gasteiger partial charge < -0.3 is 20.0 Å². The second-order valence-corrected chi connectivity index (χ2v) is 8.36. The quantitative estimate of drug-likeness (QED) is 0.240. The molecular formula is C23H33IN6OS. The Bertz CT molecular complexity index is 857. The van der Waals surface area contributed by atoms with E-state index in [4.69, 9.17) is 0 Å². The number of halogens is 1. The fourth-order valence-corrected chi connectivity index (χ4v) is 4.04. The van der Waals surface area contributed by atoms with Crippen LogP contribution in [0.2, 0.25) is 0 Å². The smallest absolute Gasteiger partial charge is 0.224 e. The van der Waals surface area contributed by atoms with Gasteiger partial charge in [0.05, 0.1) is 0 Å². The molecule has 1 amide bonds. The average molecular weight is 569 g/mol. The highest BCUT2D eigenvalue weighted by atomic mass is 127. The van der Waals surface area contributed by atoms with Gasteiger partial charge in [-0.15, -0.1) is 35.7 Å². The molecule has 0 bridgehead atoms. The molecule has 0 saturated carbocycles. The maximum Gasteiger partial charge on any atom is 0.224 e. The number of pyridine rings is 1. The molecule has 1 N–H and O–H groups in total. The van der Waals surface area contributed by atoms with Crippen LogP contribution < -0.4 is 10.2 Å². The lowest BCUT2D eigenvalue weighted by Crippen LogP contribution is -2.49. The summed E-state index contributed by atoms with van der Waals surface area (Å²) < 4.78 is 0. The minimum atomic E-state index is 0. The second kappa shape index (κ2) is 13.5. The number of hydrogen-bond donors (Lipinski definition) is 1. The normalized spacial score (nSPS) is 14.0. The number of carbonyl (C=O) groups is 1. The lowest BCUT2D eigenvalue weighted by Gasteiger charge is -2.35. The Hall–Kier alpha value is -2.01. The van der Waals surface area contributed by atoms with Crippen molar-refractivity contribution in [3.63, 3.8) is 0 Å². The number of carbonyl (C=O) groups excluding carboxylic acids is 1. The maximum absolute atomic E-state index is 12.6. The van der Waals surface area contributed by atoms with Gasteiger partial charge in [0.15, 0.2) is 5.96 Å². The molecule has 9 heteroatoms. The summed E-state index contributed by atoms with van der Waals surface area (Å²) in [5, 5.41) is 3.32. The van der Waals surface area contributed by atoms with Crippen LogP contribution >= 0.6 is 35.7 Å². The van der Waals surface area contributed by atoms with Gasteiger partial charge in [-0.3, -0.25) is 9.79 Å². The highest BCUT2D eigenvalue weighted by Crippen LogP contribution is 2.16. The molecule has 0 radical (unpaired) electrons. The first-order valence-corrected chi connectivity index (χ1v) is 11.8. The lowest BCUT2D eigenvalue weighted by atomic mass is 10.2. The highest BCUT2D eigenvalue weighted by molar-refractivity contribution is 14.0. The zero-order valence-electron chi connectivity index (χ0n) is 19.0. The van der Waals surface area contributed by atoms with Crippen LogP contribution in [0, 0.1) is 0 Å². The minimum Gasteiger partial charge on any atom is -0.356 e. The van der Waals surface area contributed by atoms with Crippen LogP contribution in [0.5, 0.6) is 0 Å². The number of hydrogen-bond acceptors (Lipinski definition) is 5. The second-order valence-electron chi connectivity index (χ2n) is 7.48. The molecule has 1 saturated heterocycles. The van der Waals surface area contributed by atoms with Gasteiger partial charge in [0.2, 0.25) is 5.91 Å². The maximum atomic E-state index is 12.6. The number of nitrogens with zero attached hydrogens (tertiary/aromatic N) is 5. The molecule has 3 rings (SSSR count). The molecule has 0 aliphatic carbocycles. The van der Waals surface area contributed by atoms with E-state index in [9.17, 15) is 4.79 Å². The van der Waals surface area contributed by atoms with Gasteiger partial charge in [-0.25, -0.2) is 4.98 Å². The summed E-state index contributed by atoms with van der Waals surface area (Å²) in [6.45, 7) is 4.43. The monoisotopic (exact) mass is 568 g/mol. The molecule has 174 valence electrons. The third kappa shape index (κ3) is 7.54. The Morgan fingerprint density at radius 2 is 1.88 bits per heavy atom. The summed E-state index contributed by atoms with van der Waals surface area (Å²) >= 11 is 1.74. The average Bonchev–Trinajstić information content (AvgIpc) is 2.82. The molecule has 1 aliphatic rings. The van der Waals surface area contributed by atoms with Crippen molar-refractivity contribution in [3.8, 4) is 0 Å². The Balaban J connectivity index is 0.00000363. The van der Waals surface area contributed by atoms with Crippen LogP contribution in [0.3, 0.4) is 0 Å². The number of nitrogens with one attached hydrogen (secondary N) is 1. The third-order valence-electron chi connectivity index (χ3n) is 5.38. The summed E-state index contributed by atoms with van der Waals surface area (Å²) in [7, 11) is 3.78. The minimum absolute atomic E-state index is 0. The van der Waals surface area contributed by atoms with E-state index in [1.165, 1.54) is 10.5 Å². The molecule has 1 aromatic carbocycles. The standard InChI is InChI=1S/C23H32N6OS.HI/c1-24-23(27(2)18-19-7-9-20(31-3)10-8-19)26-13-11-22(30)29-16-14-28(15-17-29)21-6-4-5-12-25-21;/h4-10,12H,11,13-18H2,1-3H3,(H,24,26);1H. The number of aromatic nitrogens is 1. The van der Waals surface area contributed by atoms with Crippen LogP contribution in [0.1, 0.15) is 12.0 Å². The van der Waals surface area contributed by atoms with E-state index in [1.807, 2.05) is 36.3 Å². The van der Waals surface area contributed by atoms with Crippen molar-refractivity contribution < 1.29 is 4.79 Å². The van der Waals surface area contributed by atoms with E-state index in [0.29, 0.717) is 13.0 Å². The summed E-state index contributed by atoms with van der Waals surface area (Å²) in [6.07, 6.45) is 4.34. The molecule has 0 unspecified atom stereocenters. The van der Waals surface area contributed by atoms with Crippen LogP contribution in [0.4, 0.5) is 5.82 Å². The van der Waals surface area contributed by atoms with Crippen LogP contribution in [0.15, 0.2) is 58.5 Å². The number of anilines is 1. The van der Waals surface area contributed by atoms with Gasteiger partial charge in [-0.2, -0.15) is 0 Å². The van der Waals surface area contributed by atoms with Crippen LogP contribution in [0.25, 0.3) is 0 Å². The van der Waals surface area contributed by atoms with E-state index in [1.54, 1.807) is 18.8 Å². The molecule has 7 nitrogen and oxygen atoms in total. The van der Waals surface area contributed by atoms with Gasteiger partial charge in [0.1, 0.15) is 5.82 Å². The summed E-state index contributed by atoms with van der Waals surface area (Å²) in [6, 6.07) is 14.5. The number of thioether (sulfide) groups is 1. The number of rotatable bonds is 7. The van der Waals surface area contributed by atoms with Crippen molar-refractivity contribution in [2.75, 3.05) is 58.0 Å². The molecule has 2 aromatic rings. The van der Waals surface area contributed by atoms with Crippen molar-refractivity contribution >= 4 is 53.4 Å². The largest absolute Gasteiger partial charge is 0.356 e. The van der Waals surface area contributed by atoms with Crippen molar-refractivity contribution in [1.82, 2.24) is 20.1 Å². The first-order chi connectivity index (χ1) is 15.1. The number of aliphatic imine (C=N–C) groups is 1. The first kappa shape index (κ1) is 26.2. The molecule has 0 spiro atoms. The summed E-state index contributed by atoms with van der Waals surface area (Å²) in [5.41, 5.74) is 1.23. The predicted molar refractivity (Wildman–Crippen MR) is 144 cm³/mol. The van der Waals surface area contributed by atoms with Gasteiger partial charge in [-0.1, -0.05) is 18.2 Å². The molecule has 1 fully saturated rings. The molecular weight excluding hydrogens is 535 g/mol. The topological polar surface area (TPSA) is 64.1 Å². The SMILES string of the molecule is CN=C(NCCC(=O)N1CCN(c2ccccn2)CC1)N(C)Cc1ccc(SC)cc1.I. The van der Waals surface area contributed by atoms with E-state index in [2.05, 4.69) is 55.6 Å². The highest BCUT2D eigenvalue weighted by Gasteiger charge is 2.21. The Morgan fingerprint density at radius 1 is 1.16 bits per heavy atom. The van der Waals surface area contributed by atoms with Crippen molar-refractivity contribution in [2.45, 2.75) is 17.9 Å². The van der Waals surface area contributed by atoms with Gasteiger partial charge >= 0.3 is 0 Å². The Morgan fingerprint density at radius 3 is 2.47 bits per heavy atom. The molecule has 1 aromatic heterocycles. The number of benzene rings is 1. The predicted octanol–water partition coefficient (Wildman–Crippen LogP) is 3.17. The van der Waals surface area contributed by atoms with E-state index >= 15 is 0 Å². The van der Waals surface area contributed by atoms with Gasteiger partial charge in [0.25, 0.3) is 0 Å². The Labute approximate surface area is 212 Å². The van der Waals surface area contributed by atoms with E-state index < -0.39 is 0 Å². The number of piperazine rings is 1. The Kier molecular flexibility index (Phi) is 11.1. The molecule has 1 aliphatic heterocycles. The zero-order chi connectivity index (χ0) is 22.1. The number of amides is 1. The third-order valence-corrected chi connectivity index (χ3v) is 6.12. The molecule has 32 heavy (non-hydrogen) atoms. The van der Waals surface area contributed by atoms with Crippen LogP contribution in [-0.4, -0.2) is 79.7 Å². The van der Waals surface area contributed by atoms with Crippen molar-refractivity contribution in [2.24, 2.45) is 4.99 Å². The first-order valence-electron chi connectivity index (χ1n) is 10.6. The molecule has 2 heterocycles. The lowest BCUT2D eigenvalue weighted by molar-refractivity contribution is -0.131. The fourth-order valence-electron chi connectivity index (χ4n) is 3.63. The van der Waals surface area contributed by atoms with Crippen LogP contribution in [-0.2, 0) is 11.3 Å². The van der Waals surface area contributed by atoms with E-state index in [0.717, 1.165) is 44.5 Å². The summed E-state index contributed by atoms with van der Waals surface area (Å²) in [4.78, 5) is 28.9. The fraction of sp³-hybridized carbons (Fsp3) is 0.435. The van der Waals surface area contributed by atoms with Gasteiger partial charge in [0, 0.05) is 70.9 Å².